The molecule has 1 aliphatic carbocycles. The van der Waals surface area contributed by atoms with E-state index < -0.39 is 34.3 Å². The van der Waals surface area contributed by atoms with Crippen LogP contribution in [-0.4, -0.2) is 50.0 Å². The highest BCUT2D eigenvalue weighted by Crippen LogP contribution is 2.27. The van der Waals surface area contributed by atoms with E-state index in [4.69, 9.17) is 34.8 Å². The minimum atomic E-state index is -3.97. The Balaban J connectivity index is 1.94. The molecule has 1 fully saturated rings. The molecule has 1 atom stereocenters. The molecule has 0 aliphatic heterocycles. The molecule has 1 unspecified atom stereocenters. The van der Waals surface area contributed by atoms with Gasteiger partial charge in [-0.1, -0.05) is 67.1 Å². The zero-order valence-electron chi connectivity index (χ0n) is 21.2. The van der Waals surface area contributed by atoms with E-state index in [1.807, 2.05) is 0 Å². The standard InChI is InChI=1S/C26H31Cl3FN3O4S/c1-3-24(26(35)31-18-7-5-4-6-8-18)32(15-17-9-11-20(27)21(28)13-17)25(34)16-33(38(2,36)37)19-10-12-23(30)22(29)14-19/h9-14,18,24H,3-8,15-16H2,1-2H3,(H,31,35). The van der Waals surface area contributed by atoms with Crippen LogP contribution in [0.5, 0.6) is 0 Å². The third kappa shape index (κ3) is 7.97. The first kappa shape index (κ1) is 30.5. The summed E-state index contributed by atoms with van der Waals surface area (Å²) in [4.78, 5) is 28.5. The minimum absolute atomic E-state index is 0.00586. The number of hydrogen-bond acceptors (Lipinski definition) is 4. The van der Waals surface area contributed by atoms with Crippen LogP contribution >= 0.6 is 34.8 Å². The summed E-state index contributed by atoms with van der Waals surface area (Å²) in [6.07, 6.45) is 6.15. The Labute approximate surface area is 238 Å². The number of amides is 2. The van der Waals surface area contributed by atoms with Gasteiger partial charge in [0.15, 0.2) is 0 Å². The second-order valence-electron chi connectivity index (χ2n) is 9.41. The predicted molar refractivity (Wildman–Crippen MR) is 150 cm³/mol. The van der Waals surface area contributed by atoms with Gasteiger partial charge in [0.2, 0.25) is 21.8 Å². The Hall–Kier alpha value is -2.07. The van der Waals surface area contributed by atoms with Crippen molar-refractivity contribution in [1.29, 1.82) is 0 Å². The number of benzene rings is 2. The number of sulfonamides is 1. The molecule has 0 radical (unpaired) electrons. The van der Waals surface area contributed by atoms with Crippen molar-refractivity contribution in [2.45, 2.75) is 64.1 Å². The molecule has 7 nitrogen and oxygen atoms in total. The molecule has 208 valence electrons. The molecule has 1 saturated carbocycles. The summed E-state index contributed by atoms with van der Waals surface area (Å²) < 4.78 is 39.9. The topological polar surface area (TPSA) is 86.8 Å². The fourth-order valence-electron chi connectivity index (χ4n) is 4.55. The van der Waals surface area contributed by atoms with Crippen molar-refractivity contribution >= 4 is 62.3 Å². The Morgan fingerprint density at radius 3 is 2.29 bits per heavy atom. The van der Waals surface area contributed by atoms with Crippen LogP contribution in [0.4, 0.5) is 10.1 Å². The third-order valence-electron chi connectivity index (χ3n) is 6.54. The van der Waals surface area contributed by atoms with Crippen molar-refractivity contribution in [3.8, 4) is 0 Å². The quantitative estimate of drug-likeness (QED) is 0.370. The largest absolute Gasteiger partial charge is 0.352 e. The van der Waals surface area contributed by atoms with Gasteiger partial charge < -0.3 is 10.2 Å². The number of hydrogen-bond donors (Lipinski definition) is 1. The predicted octanol–water partition coefficient (Wildman–Crippen LogP) is 5.81. The lowest BCUT2D eigenvalue weighted by atomic mass is 9.95. The summed E-state index contributed by atoms with van der Waals surface area (Å²) in [7, 11) is -3.97. The molecule has 2 aromatic carbocycles. The number of nitrogens with one attached hydrogen (secondary N) is 1. The normalized spacial score (nSPS) is 15.1. The highest BCUT2D eigenvalue weighted by molar-refractivity contribution is 7.92. The number of carbonyl (C=O) groups is 2. The number of halogens is 4. The van der Waals surface area contributed by atoms with E-state index >= 15 is 0 Å². The van der Waals surface area contributed by atoms with Crippen molar-refractivity contribution in [2.24, 2.45) is 0 Å². The molecule has 1 N–H and O–H groups in total. The van der Waals surface area contributed by atoms with Crippen molar-refractivity contribution in [3.05, 3.63) is 62.8 Å². The Morgan fingerprint density at radius 1 is 1.03 bits per heavy atom. The van der Waals surface area contributed by atoms with Crippen LogP contribution < -0.4 is 9.62 Å². The summed E-state index contributed by atoms with van der Waals surface area (Å²) >= 11 is 18.1. The second kappa shape index (κ2) is 13.3. The molecule has 0 aromatic heterocycles. The number of nitrogens with zero attached hydrogens (tertiary/aromatic N) is 2. The van der Waals surface area contributed by atoms with Gasteiger partial charge in [0.05, 0.1) is 27.0 Å². The zero-order valence-corrected chi connectivity index (χ0v) is 24.3. The monoisotopic (exact) mass is 605 g/mol. The van der Waals surface area contributed by atoms with Gasteiger partial charge in [0, 0.05) is 12.6 Å². The summed E-state index contributed by atoms with van der Waals surface area (Å²) in [5, 5.41) is 3.41. The lowest BCUT2D eigenvalue weighted by molar-refractivity contribution is -0.140. The molecule has 0 bridgehead atoms. The average molecular weight is 607 g/mol. The van der Waals surface area contributed by atoms with Crippen molar-refractivity contribution < 1.29 is 22.4 Å². The van der Waals surface area contributed by atoms with Crippen LogP contribution in [0.1, 0.15) is 51.0 Å². The van der Waals surface area contributed by atoms with E-state index in [1.165, 1.54) is 11.0 Å². The van der Waals surface area contributed by atoms with Crippen molar-refractivity contribution in [3.63, 3.8) is 0 Å². The number of rotatable bonds is 10. The van der Waals surface area contributed by atoms with E-state index in [2.05, 4.69) is 5.32 Å². The minimum Gasteiger partial charge on any atom is -0.352 e. The Morgan fingerprint density at radius 2 is 1.71 bits per heavy atom. The molecule has 3 rings (SSSR count). The smallest absolute Gasteiger partial charge is 0.244 e. The summed E-state index contributed by atoms with van der Waals surface area (Å²) in [5.41, 5.74) is 0.647. The van der Waals surface area contributed by atoms with E-state index in [-0.39, 0.29) is 34.2 Å². The second-order valence-corrected chi connectivity index (χ2v) is 12.5. The van der Waals surface area contributed by atoms with Gasteiger partial charge in [-0.05, 0) is 55.2 Å². The third-order valence-corrected chi connectivity index (χ3v) is 8.71. The fourth-order valence-corrected chi connectivity index (χ4v) is 5.89. The first-order chi connectivity index (χ1) is 17.9. The van der Waals surface area contributed by atoms with E-state index in [9.17, 15) is 22.4 Å². The maximum absolute atomic E-state index is 13.8. The zero-order chi connectivity index (χ0) is 28.0. The van der Waals surface area contributed by atoms with Crippen LogP contribution in [0.2, 0.25) is 15.1 Å². The van der Waals surface area contributed by atoms with Gasteiger partial charge in [-0.25, -0.2) is 12.8 Å². The first-order valence-corrected chi connectivity index (χ1v) is 15.4. The molecule has 0 saturated heterocycles. The fraction of sp³-hybridized carbons (Fsp3) is 0.462. The summed E-state index contributed by atoms with van der Waals surface area (Å²) in [6, 6.07) is 7.44. The van der Waals surface area contributed by atoms with Crippen LogP contribution in [-0.2, 0) is 26.2 Å². The number of carbonyl (C=O) groups excluding carboxylic acids is 2. The maximum Gasteiger partial charge on any atom is 0.244 e. The molecule has 2 amide bonds. The molecule has 0 heterocycles. The lowest BCUT2D eigenvalue weighted by Crippen LogP contribution is -2.53. The van der Waals surface area contributed by atoms with Gasteiger partial charge in [0.1, 0.15) is 18.4 Å². The van der Waals surface area contributed by atoms with Gasteiger partial charge in [-0.2, -0.15) is 0 Å². The van der Waals surface area contributed by atoms with Gasteiger partial charge in [-0.3, -0.25) is 13.9 Å². The van der Waals surface area contributed by atoms with Gasteiger partial charge in [0.25, 0.3) is 0 Å². The highest BCUT2D eigenvalue weighted by atomic mass is 35.5. The SMILES string of the molecule is CCC(C(=O)NC1CCCCC1)N(Cc1ccc(Cl)c(Cl)c1)C(=O)CN(c1ccc(F)c(Cl)c1)S(C)(=O)=O. The van der Waals surface area contributed by atoms with Crippen LogP contribution in [0.15, 0.2) is 36.4 Å². The number of anilines is 1. The molecular weight excluding hydrogens is 576 g/mol. The maximum atomic E-state index is 13.8. The molecule has 12 heteroatoms. The molecular formula is C26H31Cl3FN3O4S. The first-order valence-electron chi connectivity index (χ1n) is 12.4. The molecule has 2 aromatic rings. The highest BCUT2D eigenvalue weighted by Gasteiger charge is 2.33. The van der Waals surface area contributed by atoms with Crippen molar-refractivity contribution in [2.75, 3.05) is 17.1 Å². The van der Waals surface area contributed by atoms with E-state index in [1.54, 1.807) is 25.1 Å². The van der Waals surface area contributed by atoms with Crippen LogP contribution in [0.3, 0.4) is 0 Å². The summed E-state index contributed by atoms with van der Waals surface area (Å²) in [5.74, 6) is -1.64. The lowest BCUT2D eigenvalue weighted by Gasteiger charge is -2.34. The van der Waals surface area contributed by atoms with Gasteiger partial charge in [-0.15, -0.1) is 0 Å². The Kier molecular flexibility index (Phi) is 10.7. The van der Waals surface area contributed by atoms with E-state index in [0.717, 1.165) is 54.8 Å². The van der Waals surface area contributed by atoms with Gasteiger partial charge >= 0.3 is 0 Å². The van der Waals surface area contributed by atoms with E-state index in [0.29, 0.717) is 17.0 Å². The Bertz CT molecular complexity index is 1270. The average Bonchev–Trinajstić information content (AvgIpc) is 2.86. The molecule has 38 heavy (non-hydrogen) atoms. The summed E-state index contributed by atoms with van der Waals surface area (Å²) in [6.45, 7) is 1.16. The molecule has 1 aliphatic rings. The van der Waals surface area contributed by atoms with Crippen LogP contribution in [0, 0.1) is 5.82 Å². The van der Waals surface area contributed by atoms with Crippen LogP contribution in [0.25, 0.3) is 0 Å². The molecule has 0 spiro atoms. The van der Waals surface area contributed by atoms with Crippen molar-refractivity contribution in [1.82, 2.24) is 10.2 Å².